The number of hydrogen-bond acceptors (Lipinski definition) is 4. The number of nitrogens with zero attached hydrogens (tertiary/aromatic N) is 2. The van der Waals surface area contributed by atoms with Crippen molar-refractivity contribution in [2.24, 2.45) is 0 Å². The smallest absolute Gasteiger partial charge is 0.0876 e. The van der Waals surface area contributed by atoms with Gasteiger partial charge in [-0.25, -0.2) is 0 Å². The van der Waals surface area contributed by atoms with Crippen molar-refractivity contribution in [3.8, 4) is 0 Å². The highest BCUT2D eigenvalue weighted by Crippen LogP contribution is 2.25. The van der Waals surface area contributed by atoms with E-state index in [1.54, 1.807) is 12.4 Å². The molecule has 1 unspecified atom stereocenters. The van der Waals surface area contributed by atoms with Crippen molar-refractivity contribution in [2.75, 3.05) is 13.2 Å². The lowest BCUT2D eigenvalue weighted by atomic mass is 9.99. The van der Waals surface area contributed by atoms with Crippen LogP contribution in [0.2, 0.25) is 0 Å². The van der Waals surface area contributed by atoms with Crippen LogP contribution in [-0.4, -0.2) is 23.1 Å². The maximum atomic E-state index is 5.38. The molecule has 4 nitrogen and oxygen atoms in total. The summed E-state index contributed by atoms with van der Waals surface area (Å²) < 4.78 is 5.38. The first kappa shape index (κ1) is 11.1. The summed E-state index contributed by atoms with van der Waals surface area (Å²) in [6, 6.07) is 0.138. The first-order valence-corrected chi connectivity index (χ1v) is 5.71. The van der Waals surface area contributed by atoms with Crippen molar-refractivity contribution in [3.05, 3.63) is 36.1 Å². The molecule has 0 amide bonds. The minimum atomic E-state index is 0.138. The molecule has 0 radical (unpaired) electrons. The summed E-state index contributed by atoms with van der Waals surface area (Å²) in [7, 11) is 0. The Morgan fingerprint density at radius 1 is 1.50 bits per heavy atom. The molecule has 16 heavy (non-hydrogen) atoms. The molecule has 1 atom stereocenters. The molecule has 86 valence electrons. The van der Waals surface area contributed by atoms with Crippen molar-refractivity contribution in [1.29, 1.82) is 0 Å². The molecule has 2 rings (SSSR count). The lowest BCUT2D eigenvalue weighted by Gasteiger charge is -2.23. The lowest BCUT2D eigenvalue weighted by Crippen LogP contribution is -2.25. The van der Waals surface area contributed by atoms with Crippen molar-refractivity contribution < 1.29 is 4.74 Å². The second-order valence-corrected chi connectivity index (χ2v) is 3.79. The number of ether oxygens (including phenoxy) is 1. The topological polar surface area (TPSA) is 47.0 Å². The fourth-order valence-corrected chi connectivity index (χ4v) is 1.89. The Morgan fingerprint density at radius 2 is 2.44 bits per heavy atom. The van der Waals surface area contributed by atoms with E-state index in [9.17, 15) is 0 Å². The Bertz CT molecular complexity index is 351. The Balaban J connectivity index is 2.19. The molecule has 0 aliphatic carbocycles. The molecule has 1 aliphatic rings. The van der Waals surface area contributed by atoms with Crippen LogP contribution in [0, 0.1) is 0 Å². The zero-order valence-electron chi connectivity index (χ0n) is 9.52. The van der Waals surface area contributed by atoms with E-state index in [4.69, 9.17) is 4.74 Å². The van der Waals surface area contributed by atoms with Crippen LogP contribution in [0.3, 0.4) is 0 Å². The largest absolute Gasteiger partial charge is 0.501 e. The van der Waals surface area contributed by atoms with E-state index in [2.05, 4.69) is 22.2 Å². The van der Waals surface area contributed by atoms with Crippen LogP contribution >= 0.6 is 0 Å². The third kappa shape index (κ3) is 2.58. The summed E-state index contributed by atoms with van der Waals surface area (Å²) in [5, 5.41) is 3.42. The van der Waals surface area contributed by atoms with E-state index < -0.39 is 0 Å². The zero-order chi connectivity index (χ0) is 11.2. The monoisotopic (exact) mass is 219 g/mol. The normalized spacial score (nSPS) is 17.4. The molecule has 0 saturated heterocycles. The van der Waals surface area contributed by atoms with E-state index in [0.717, 1.165) is 31.7 Å². The second kappa shape index (κ2) is 5.61. The van der Waals surface area contributed by atoms with Gasteiger partial charge in [-0.2, -0.15) is 0 Å². The maximum absolute atomic E-state index is 5.38. The van der Waals surface area contributed by atoms with Crippen LogP contribution in [0.1, 0.15) is 31.5 Å². The van der Waals surface area contributed by atoms with Crippen LogP contribution in [0.15, 0.2) is 30.4 Å². The minimum absolute atomic E-state index is 0.138. The van der Waals surface area contributed by atoms with Gasteiger partial charge in [-0.1, -0.05) is 6.92 Å². The molecule has 0 spiro atoms. The standard InChI is InChI=1S/C12H17N3O/c1-2-14-12(10-4-3-7-16-9-10)11-8-13-5-6-15-11/h5-6,8-9,12,14H,2-4,7H2,1H3. The maximum Gasteiger partial charge on any atom is 0.0876 e. The Labute approximate surface area is 95.8 Å². The average molecular weight is 219 g/mol. The van der Waals surface area contributed by atoms with Gasteiger partial charge in [0.05, 0.1) is 30.8 Å². The first-order valence-electron chi connectivity index (χ1n) is 5.71. The molecule has 0 fully saturated rings. The summed E-state index contributed by atoms with van der Waals surface area (Å²) in [6.07, 6.45) is 9.23. The van der Waals surface area contributed by atoms with E-state index >= 15 is 0 Å². The summed E-state index contributed by atoms with van der Waals surface area (Å²) in [4.78, 5) is 8.46. The number of aromatic nitrogens is 2. The highest BCUT2D eigenvalue weighted by atomic mass is 16.5. The van der Waals surface area contributed by atoms with E-state index in [1.165, 1.54) is 5.57 Å². The SMILES string of the molecule is CCNC(C1=COCCC1)c1cnccn1. The van der Waals surface area contributed by atoms with Gasteiger partial charge in [0, 0.05) is 12.4 Å². The van der Waals surface area contributed by atoms with Crippen LogP contribution in [-0.2, 0) is 4.74 Å². The molecule has 4 heteroatoms. The molecule has 0 saturated carbocycles. The van der Waals surface area contributed by atoms with Gasteiger partial charge in [-0.3, -0.25) is 9.97 Å². The van der Waals surface area contributed by atoms with Gasteiger partial charge in [-0.05, 0) is 25.0 Å². The molecular formula is C12H17N3O. The third-order valence-electron chi connectivity index (χ3n) is 2.62. The van der Waals surface area contributed by atoms with Gasteiger partial charge >= 0.3 is 0 Å². The minimum Gasteiger partial charge on any atom is -0.501 e. The number of nitrogens with one attached hydrogen (secondary N) is 1. The Hall–Kier alpha value is -1.42. The number of hydrogen-bond donors (Lipinski definition) is 1. The van der Waals surface area contributed by atoms with Gasteiger partial charge in [0.15, 0.2) is 0 Å². The molecule has 1 N–H and O–H groups in total. The van der Waals surface area contributed by atoms with Gasteiger partial charge in [0.25, 0.3) is 0 Å². The quantitative estimate of drug-likeness (QED) is 0.839. The summed E-state index contributed by atoms with van der Waals surface area (Å²) >= 11 is 0. The fourth-order valence-electron chi connectivity index (χ4n) is 1.89. The highest BCUT2D eigenvalue weighted by molar-refractivity contribution is 5.20. The number of rotatable bonds is 4. The van der Waals surface area contributed by atoms with Gasteiger partial charge in [0.2, 0.25) is 0 Å². The van der Waals surface area contributed by atoms with Gasteiger partial charge in [-0.15, -0.1) is 0 Å². The van der Waals surface area contributed by atoms with E-state index in [0.29, 0.717) is 0 Å². The van der Waals surface area contributed by atoms with Crippen molar-refractivity contribution in [1.82, 2.24) is 15.3 Å². The van der Waals surface area contributed by atoms with Gasteiger partial charge in [0.1, 0.15) is 0 Å². The van der Waals surface area contributed by atoms with Crippen molar-refractivity contribution in [2.45, 2.75) is 25.8 Å². The average Bonchev–Trinajstić information content (AvgIpc) is 2.38. The molecule has 1 aromatic rings. The van der Waals surface area contributed by atoms with Gasteiger partial charge < -0.3 is 10.1 Å². The summed E-state index contributed by atoms with van der Waals surface area (Å²) in [5.41, 5.74) is 2.22. The molecule has 2 heterocycles. The highest BCUT2D eigenvalue weighted by Gasteiger charge is 2.19. The van der Waals surface area contributed by atoms with E-state index in [-0.39, 0.29) is 6.04 Å². The third-order valence-corrected chi connectivity index (χ3v) is 2.62. The summed E-state index contributed by atoms with van der Waals surface area (Å²) in [5.74, 6) is 0. The first-order chi connectivity index (χ1) is 7.92. The molecule has 0 bridgehead atoms. The molecular weight excluding hydrogens is 202 g/mol. The zero-order valence-corrected chi connectivity index (χ0v) is 9.52. The molecule has 1 aliphatic heterocycles. The predicted octanol–water partition coefficient (Wildman–Crippen LogP) is 1.82. The lowest BCUT2D eigenvalue weighted by molar-refractivity contribution is 0.219. The van der Waals surface area contributed by atoms with Crippen LogP contribution in [0.4, 0.5) is 0 Å². The van der Waals surface area contributed by atoms with Crippen molar-refractivity contribution in [3.63, 3.8) is 0 Å². The number of likely N-dealkylation sites (N-methyl/N-ethyl adjacent to an activating group) is 1. The Kier molecular flexibility index (Phi) is 3.88. The predicted molar refractivity (Wildman–Crippen MR) is 61.7 cm³/mol. The summed E-state index contributed by atoms with van der Waals surface area (Å²) in [6.45, 7) is 3.81. The Morgan fingerprint density at radius 3 is 3.06 bits per heavy atom. The fraction of sp³-hybridized carbons (Fsp3) is 0.500. The second-order valence-electron chi connectivity index (χ2n) is 3.79. The van der Waals surface area contributed by atoms with E-state index in [1.807, 2.05) is 12.5 Å². The van der Waals surface area contributed by atoms with Crippen molar-refractivity contribution >= 4 is 0 Å². The van der Waals surface area contributed by atoms with Crippen LogP contribution < -0.4 is 5.32 Å². The van der Waals surface area contributed by atoms with Crippen LogP contribution in [0.5, 0.6) is 0 Å². The molecule has 1 aromatic heterocycles. The van der Waals surface area contributed by atoms with Crippen LogP contribution in [0.25, 0.3) is 0 Å². The molecule has 0 aromatic carbocycles.